The Morgan fingerprint density at radius 1 is 0.386 bits per heavy atom. The lowest BCUT2D eigenvalue weighted by molar-refractivity contribution is 0.669. The van der Waals surface area contributed by atoms with Gasteiger partial charge in [0.15, 0.2) is 17.5 Å². The number of thiophene rings is 1. The van der Waals surface area contributed by atoms with Crippen LogP contribution in [0.1, 0.15) is 0 Å². The second kappa shape index (κ2) is 12.6. The summed E-state index contributed by atoms with van der Waals surface area (Å²) in [6.45, 7) is 0. The van der Waals surface area contributed by atoms with E-state index in [0.29, 0.717) is 17.5 Å². The Kier molecular flexibility index (Phi) is 7.03. The minimum atomic E-state index is 0.605. The van der Waals surface area contributed by atoms with Crippen molar-refractivity contribution in [1.82, 2.24) is 19.5 Å². The predicted octanol–water partition coefficient (Wildman–Crippen LogP) is 13.9. The molecule has 0 aliphatic carbocycles. The first-order valence-electron chi connectivity index (χ1n) is 19.0. The lowest BCUT2D eigenvalue weighted by Crippen LogP contribution is -2.00. The van der Waals surface area contributed by atoms with Gasteiger partial charge in [-0.15, -0.1) is 11.3 Å². The maximum atomic E-state index is 6.47. The van der Waals surface area contributed by atoms with Crippen molar-refractivity contribution in [3.63, 3.8) is 0 Å². The highest BCUT2D eigenvalue weighted by Crippen LogP contribution is 2.42. The monoisotopic (exact) mass is 746 g/mol. The van der Waals surface area contributed by atoms with Gasteiger partial charge in [0.2, 0.25) is 0 Å². The fraction of sp³-hybridized carbons (Fsp3) is 0. The van der Waals surface area contributed by atoms with Gasteiger partial charge in [0.1, 0.15) is 11.2 Å². The molecule has 5 nitrogen and oxygen atoms in total. The van der Waals surface area contributed by atoms with E-state index in [1.807, 2.05) is 84.1 Å². The van der Waals surface area contributed by atoms with Gasteiger partial charge < -0.3 is 8.98 Å². The summed E-state index contributed by atoms with van der Waals surface area (Å²) in [4.78, 5) is 15.0. The molecule has 0 radical (unpaired) electrons. The summed E-state index contributed by atoms with van der Waals surface area (Å²) in [6, 6.07) is 63.9. The van der Waals surface area contributed by atoms with E-state index >= 15 is 0 Å². The van der Waals surface area contributed by atoms with Gasteiger partial charge in [-0.25, -0.2) is 15.0 Å². The van der Waals surface area contributed by atoms with E-state index in [9.17, 15) is 0 Å². The van der Waals surface area contributed by atoms with Gasteiger partial charge in [-0.3, -0.25) is 0 Å². The molecule has 0 aliphatic rings. The molecule has 12 aromatic rings. The van der Waals surface area contributed by atoms with Gasteiger partial charge in [-0.2, -0.15) is 0 Å². The van der Waals surface area contributed by atoms with Crippen LogP contribution in [-0.2, 0) is 0 Å². The number of para-hydroxylation sites is 2. The van der Waals surface area contributed by atoms with Crippen molar-refractivity contribution in [2.45, 2.75) is 0 Å². The van der Waals surface area contributed by atoms with Gasteiger partial charge in [0, 0.05) is 64.1 Å². The van der Waals surface area contributed by atoms with Crippen LogP contribution in [-0.4, -0.2) is 19.5 Å². The van der Waals surface area contributed by atoms with Crippen LogP contribution in [0.4, 0.5) is 0 Å². The lowest BCUT2D eigenvalue weighted by Gasteiger charge is -2.09. The molecule has 4 aromatic heterocycles. The summed E-state index contributed by atoms with van der Waals surface area (Å²) >= 11 is 1.84. The summed E-state index contributed by atoms with van der Waals surface area (Å²) in [6.07, 6.45) is 0. The maximum absolute atomic E-state index is 6.47. The van der Waals surface area contributed by atoms with Crippen LogP contribution in [0.25, 0.3) is 115 Å². The van der Waals surface area contributed by atoms with Crippen LogP contribution in [0.15, 0.2) is 186 Å². The number of hydrogen-bond acceptors (Lipinski definition) is 5. The Bertz CT molecular complexity index is 3420. The van der Waals surface area contributed by atoms with Gasteiger partial charge >= 0.3 is 0 Å². The fourth-order valence-corrected chi connectivity index (χ4v) is 9.53. The van der Waals surface area contributed by atoms with E-state index in [2.05, 4.69) is 114 Å². The smallest absolute Gasteiger partial charge is 0.164 e. The minimum Gasteiger partial charge on any atom is -0.456 e. The molecule has 0 saturated carbocycles. The third-order valence-electron chi connectivity index (χ3n) is 11.1. The number of nitrogens with zero attached hydrogens (tertiary/aromatic N) is 4. The molecular weight excluding hydrogens is 717 g/mol. The van der Waals surface area contributed by atoms with Crippen LogP contribution in [0.2, 0.25) is 0 Å². The Morgan fingerprint density at radius 2 is 1.02 bits per heavy atom. The van der Waals surface area contributed by atoms with Gasteiger partial charge in [0.25, 0.3) is 0 Å². The highest BCUT2D eigenvalue weighted by atomic mass is 32.1. The molecule has 0 bridgehead atoms. The summed E-state index contributed by atoms with van der Waals surface area (Å²) in [5.74, 6) is 1.86. The second-order valence-corrected chi connectivity index (χ2v) is 15.5. The van der Waals surface area contributed by atoms with Crippen LogP contribution >= 0.6 is 11.3 Å². The number of fused-ring (bicyclic) bond motifs is 9. The fourth-order valence-electron chi connectivity index (χ4n) is 8.41. The Labute approximate surface area is 330 Å². The average molecular weight is 747 g/mol. The Hall–Kier alpha value is -7.41. The minimum absolute atomic E-state index is 0.605. The van der Waals surface area contributed by atoms with Crippen LogP contribution in [0.5, 0.6) is 0 Å². The molecule has 0 fully saturated rings. The second-order valence-electron chi connectivity index (χ2n) is 14.4. The molecule has 57 heavy (non-hydrogen) atoms. The first kappa shape index (κ1) is 31.9. The maximum Gasteiger partial charge on any atom is 0.164 e. The topological polar surface area (TPSA) is 56.7 Å². The van der Waals surface area contributed by atoms with Crippen molar-refractivity contribution in [2.75, 3.05) is 0 Å². The van der Waals surface area contributed by atoms with Crippen molar-refractivity contribution in [3.05, 3.63) is 182 Å². The summed E-state index contributed by atoms with van der Waals surface area (Å²) in [7, 11) is 0. The zero-order chi connectivity index (χ0) is 37.5. The lowest BCUT2D eigenvalue weighted by atomic mass is 9.99. The van der Waals surface area contributed by atoms with Crippen LogP contribution in [0.3, 0.4) is 0 Å². The van der Waals surface area contributed by atoms with Crippen LogP contribution in [0, 0.1) is 0 Å². The third-order valence-corrected chi connectivity index (χ3v) is 12.2. The van der Waals surface area contributed by atoms with Gasteiger partial charge in [-0.05, 0) is 65.7 Å². The molecule has 0 spiro atoms. The normalized spacial score (nSPS) is 11.9. The Morgan fingerprint density at radius 3 is 1.74 bits per heavy atom. The van der Waals surface area contributed by atoms with Crippen molar-refractivity contribution in [1.29, 1.82) is 0 Å². The summed E-state index contributed by atoms with van der Waals surface area (Å²) in [5, 5.41) is 7.07. The van der Waals surface area contributed by atoms with E-state index in [0.717, 1.165) is 49.8 Å². The predicted molar refractivity (Wildman–Crippen MR) is 236 cm³/mol. The molecule has 0 N–H and O–H groups in total. The summed E-state index contributed by atoms with van der Waals surface area (Å²) < 4.78 is 11.4. The van der Waals surface area contributed by atoms with Gasteiger partial charge in [0.05, 0.1) is 11.0 Å². The molecule has 8 aromatic carbocycles. The number of rotatable bonds is 5. The summed E-state index contributed by atoms with van der Waals surface area (Å²) in [5.41, 5.74) is 10.3. The number of aromatic nitrogens is 4. The van der Waals surface area contributed by atoms with E-state index in [1.54, 1.807) is 0 Å². The molecule has 0 saturated heterocycles. The highest BCUT2D eigenvalue weighted by Gasteiger charge is 2.19. The zero-order valence-electron chi connectivity index (χ0n) is 30.4. The first-order chi connectivity index (χ1) is 28.2. The number of hydrogen-bond donors (Lipinski definition) is 0. The van der Waals surface area contributed by atoms with E-state index in [1.165, 1.54) is 47.7 Å². The van der Waals surface area contributed by atoms with Crippen molar-refractivity contribution in [3.8, 4) is 51.0 Å². The SMILES string of the molecule is c1ccc(-c2nc(-c3ccccc3)nc(-c3cccc4oc5ccc(-c6ccc7c(c6)sc6ccc(-n8c9ccccc9c9ccccc98)cc67)cc5c34)n2)cc1. The molecule has 12 rings (SSSR count). The number of benzene rings is 8. The highest BCUT2D eigenvalue weighted by molar-refractivity contribution is 7.25. The molecule has 0 aliphatic heterocycles. The van der Waals surface area contributed by atoms with E-state index in [4.69, 9.17) is 19.4 Å². The molecule has 6 heteroatoms. The van der Waals surface area contributed by atoms with Gasteiger partial charge in [-0.1, -0.05) is 127 Å². The molecule has 0 unspecified atom stereocenters. The largest absolute Gasteiger partial charge is 0.456 e. The van der Waals surface area contributed by atoms with E-state index in [-0.39, 0.29) is 0 Å². The quantitative estimate of drug-likeness (QED) is 0.176. The average Bonchev–Trinajstić information content (AvgIpc) is 3.95. The van der Waals surface area contributed by atoms with Crippen molar-refractivity contribution >= 4 is 75.3 Å². The Balaban J connectivity index is 0.985. The van der Waals surface area contributed by atoms with Crippen LogP contribution < -0.4 is 0 Å². The first-order valence-corrected chi connectivity index (χ1v) is 19.8. The molecule has 0 amide bonds. The molecular formula is C51H30N4OS. The number of furan rings is 1. The third kappa shape index (κ3) is 5.12. The van der Waals surface area contributed by atoms with Crippen molar-refractivity contribution < 1.29 is 4.42 Å². The van der Waals surface area contributed by atoms with E-state index < -0.39 is 0 Å². The standard InChI is InChI=1S/C51H30N4OS/c1-3-12-31(13-4-1)49-52-50(32-14-5-2-6-15-32)54-51(53-49)39-18-11-21-45-48(39)41-28-33(23-26-44(41)56-45)34-22-25-38-40-30-35(24-27-46(40)57-47(38)29-34)55-42-19-9-7-16-36(42)37-17-8-10-20-43(37)55/h1-30H. The molecule has 4 heterocycles. The molecule has 266 valence electrons. The van der Waals surface area contributed by atoms with Crippen molar-refractivity contribution in [2.24, 2.45) is 0 Å². The molecule has 0 atom stereocenters. The zero-order valence-corrected chi connectivity index (χ0v) is 31.2.